The van der Waals surface area contributed by atoms with Gasteiger partial charge in [0.05, 0.1) is 5.56 Å². The Bertz CT molecular complexity index is 403. The highest BCUT2D eigenvalue weighted by Gasteiger charge is 2.19. The van der Waals surface area contributed by atoms with E-state index in [4.69, 9.17) is 5.11 Å². The van der Waals surface area contributed by atoms with E-state index in [2.05, 4.69) is 11.8 Å². The standard InChI is InChI=1S/C14H19NO2/c1-11-4-3-8-15(11)9-7-12-5-2-6-13(10-12)14(16)17/h2,5-6,10-11H,3-4,7-9H2,1H3,(H,16,17). The molecule has 1 atom stereocenters. The van der Waals surface area contributed by atoms with Gasteiger partial charge >= 0.3 is 5.97 Å². The summed E-state index contributed by atoms with van der Waals surface area (Å²) in [5.74, 6) is -0.846. The fourth-order valence-electron chi connectivity index (χ4n) is 2.46. The number of carbonyl (C=O) groups is 1. The van der Waals surface area contributed by atoms with Gasteiger partial charge in [-0.2, -0.15) is 0 Å². The maximum atomic E-state index is 10.9. The second kappa shape index (κ2) is 5.32. The molecule has 1 aliphatic rings. The third kappa shape index (κ3) is 3.07. The van der Waals surface area contributed by atoms with Crippen LogP contribution >= 0.6 is 0 Å². The summed E-state index contributed by atoms with van der Waals surface area (Å²) in [4.78, 5) is 13.3. The molecule has 0 spiro atoms. The Labute approximate surface area is 102 Å². The van der Waals surface area contributed by atoms with Gasteiger partial charge in [-0.15, -0.1) is 0 Å². The van der Waals surface area contributed by atoms with Gasteiger partial charge in [-0.3, -0.25) is 0 Å². The van der Waals surface area contributed by atoms with E-state index >= 15 is 0 Å². The SMILES string of the molecule is CC1CCCN1CCc1cccc(C(=O)O)c1. The summed E-state index contributed by atoms with van der Waals surface area (Å²) in [6.45, 7) is 4.48. The largest absolute Gasteiger partial charge is 0.478 e. The topological polar surface area (TPSA) is 40.5 Å². The molecule has 1 saturated heterocycles. The Morgan fingerprint density at radius 3 is 3.00 bits per heavy atom. The normalized spacial score (nSPS) is 20.6. The monoisotopic (exact) mass is 233 g/mol. The predicted octanol–water partition coefficient (Wildman–Crippen LogP) is 2.41. The molecule has 17 heavy (non-hydrogen) atoms. The van der Waals surface area contributed by atoms with Crippen molar-refractivity contribution in [2.24, 2.45) is 0 Å². The average Bonchev–Trinajstić information content (AvgIpc) is 2.72. The molecule has 2 rings (SSSR count). The number of rotatable bonds is 4. The number of hydrogen-bond donors (Lipinski definition) is 1. The van der Waals surface area contributed by atoms with Crippen LogP contribution in [0.5, 0.6) is 0 Å². The van der Waals surface area contributed by atoms with E-state index in [1.807, 2.05) is 12.1 Å². The highest BCUT2D eigenvalue weighted by atomic mass is 16.4. The van der Waals surface area contributed by atoms with E-state index in [9.17, 15) is 4.79 Å². The summed E-state index contributed by atoms with van der Waals surface area (Å²) in [6, 6.07) is 7.94. The van der Waals surface area contributed by atoms with Crippen LogP contribution in [0.2, 0.25) is 0 Å². The van der Waals surface area contributed by atoms with Crippen molar-refractivity contribution in [3.63, 3.8) is 0 Å². The lowest BCUT2D eigenvalue weighted by Crippen LogP contribution is -2.28. The molecule has 1 unspecified atom stereocenters. The average molecular weight is 233 g/mol. The number of aromatic carboxylic acids is 1. The maximum absolute atomic E-state index is 10.9. The third-order valence-corrected chi connectivity index (χ3v) is 3.55. The minimum absolute atomic E-state index is 0.386. The van der Waals surface area contributed by atoms with Gasteiger partial charge in [-0.25, -0.2) is 4.79 Å². The summed E-state index contributed by atoms with van der Waals surface area (Å²) in [5.41, 5.74) is 1.50. The van der Waals surface area contributed by atoms with Crippen molar-refractivity contribution >= 4 is 5.97 Å². The molecular weight excluding hydrogens is 214 g/mol. The molecule has 0 bridgehead atoms. The Hall–Kier alpha value is -1.35. The van der Waals surface area contributed by atoms with E-state index in [1.54, 1.807) is 12.1 Å². The van der Waals surface area contributed by atoms with Crippen molar-refractivity contribution in [1.82, 2.24) is 4.90 Å². The first-order valence-corrected chi connectivity index (χ1v) is 6.23. The van der Waals surface area contributed by atoms with Crippen LogP contribution in [0.15, 0.2) is 24.3 Å². The maximum Gasteiger partial charge on any atom is 0.335 e. The van der Waals surface area contributed by atoms with E-state index in [1.165, 1.54) is 19.4 Å². The summed E-state index contributed by atoms with van der Waals surface area (Å²) >= 11 is 0. The molecule has 3 heteroatoms. The van der Waals surface area contributed by atoms with E-state index in [0.717, 1.165) is 18.5 Å². The summed E-state index contributed by atoms with van der Waals surface area (Å²) in [5, 5.41) is 8.92. The van der Waals surface area contributed by atoms with Crippen LogP contribution in [-0.2, 0) is 6.42 Å². The Morgan fingerprint density at radius 1 is 1.53 bits per heavy atom. The van der Waals surface area contributed by atoms with Gasteiger partial charge in [0.25, 0.3) is 0 Å². The van der Waals surface area contributed by atoms with Gasteiger partial charge in [0.2, 0.25) is 0 Å². The van der Waals surface area contributed by atoms with Crippen LogP contribution in [0.1, 0.15) is 35.7 Å². The second-order valence-electron chi connectivity index (χ2n) is 4.78. The first kappa shape index (κ1) is 12.1. The summed E-state index contributed by atoms with van der Waals surface area (Å²) in [6.07, 6.45) is 3.51. The second-order valence-corrected chi connectivity index (χ2v) is 4.78. The van der Waals surface area contributed by atoms with Gasteiger partial charge in [0.1, 0.15) is 0 Å². The fraction of sp³-hybridized carbons (Fsp3) is 0.500. The molecular formula is C14H19NO2. The van der Waals surface area contributed by atoms with Crippen molar-refractivity contribution in [1.29, 1.82) is 0 Å². The predicted molar refractivity (Wildman–Crippen MR) is 67.4 cm³/mol. The molecule has 0 radical (unpaired) electrons. The van der Waals surface area contributed by atoms with Crippen LogP contribution in [0.4, 0.5) is 0 Å². The van der Waals surface area contributed by atoms with Gasteiger partial charge in [0.15, 0.2) is 0 Å². The van der Waals surface area contributed by atoms with Crippen molar-refractivity contribution in [3.05, 3.63) is 35.4 Å². The minimum Gasteiger partial charge on any atom is -0.478 e. The molecule has 1 aromatic rings. The summed E-state index contributed by atoms with van der Waals surface area (Å²) < 4.78 is 0. The summed E-state index contributed by atoms with van der Waals surface area (Å²) in [7, 11) is 0. The van der Waals surface area contributed by atoms with Gasteiger partial charge in [-0.05, 0) is 50.4 Å². The lowest BCUT2D eigenvalue weighted by Gasteiger charge is -2.20. The fourth-order valence-corrected chi connectivity index (χ4v) is 2.46. The van der Waals surface area contributed by atoms with Crippen molar-refractivity contribution < 1.29 is 9.90 Å². The molecule has 0 saturated carbocycles. The van der Waals surface area contributed by atoms with E-state index in [-0.39, 0.29) is 0 Å². The lowest BCUT2D eigenvalue weighted by atomic mass is 10.1. The third-order valence-electron chi connectivity index (χ3n) is 3.55. The molecule has 3 nitrogen and oxygen atoms in total. The molecule has 1 N–H and O–H groups in total. The van der Waals surface area contributed by atoms with Gasteiger partial charge in [0, 0.05) is 12.6 Å². The van der Waals surface area contributed by atoms with Crippen LogP contribution in [0, 0.1) is 0 Å². The molecule has 1 heterocycles. The number of carboxylic acid groups (broad SMARTS) is 1. The zero-order valence-electron chi connectivity index (χ0n) is 10.2. The first-order valence-electron chi connectivity index (χ1n) is 6.23. The number of nitrogens with zero attached hydrogens (tertiary/aromatic N) is 1. The Balaban J connectivity index is 1.94. The van der Waals surface area contributed by atoms with E-state index < -0.39 is 5.97 Å². The number of hydrogen-bond acceptors (Lipinski definition) is 2. The molecule has 1 fully saturated rings. The Kier molecular flexibility index (Phi) is 3.79. The molecule has 0 aromatic heterocycles. The van der Waals surface area contributed by atoms with Crippen molar-refractivity contribution in [2.45, 2.75) is 32.2 Å². The molecule has 1 aliphatic heterocycles. The molecule has 0 amide bonds. The highest BCUT2D eigenvalue weighted by Crippen LogP contribution is 2.17. The van der Waals surface area contributed by atoms with Crippen molar-refractivity contribution in [2.75, 3.05) is 13.1 Å². The zero-order valence-corrected chi connectivity index (χ0v) is 10.2. The Morgan fingerprint density at radius 2 is 2.35 bits per heavy atom. The van der Waals surface area contributed by atoms with Gasteiger partial charge in [-0.1, -0.05) is 12.1 Å². The smallest absolute Gasteiger partial charge is 0.335 e. The van der Waals surface area contributed by atoms with E-state index in [0.29, 0.717) is 11.6 Å². The van der Waals surface area contributed by atoms with Gasteiger partial charge < -0.3 is 10.0 Å². The van der Waals surface area contributed by atoms with Crippen LogP contribution < -0.4 is 0 Å². The highest BCUT2D eigenvalue weighted by molar-refractivity contribution is 5.87. The van der Waals surface area contributed by atoms with Crippen molar-refractivity contribution in [3.8, 4) is 0 Å². The first-order chi connectivity index (χ1) is 8.16. The molecule has 92 valence electrons. The molecule has 1 aromatic carbocycles. The van der Waals surface area contributed by atoms with Crippen LogP contribution in [-0.4, -0.2) is 35.1 Å². The number of carboxylic acids is 1. The van der Waals surface area contributed by atoms with Crippen LogP contribution in [0.3, 0.4) is 0 Å². The number of benzene rings is 1. The lowest BCUT2D eigenvalue weighted by molar-refractivity contribution is 0.0696. The molecule has 0 aliphatic carbocycles. The minimum atomic E-state index is -0.846. The van der Waals surface area contributed by atoms with Crippen LogP contribution in [0.25, 0.3) is 0 Å². The zero-order chi connectivity index (χ0) is 12.3. The number of likely N-dealkylation sites (tertiary alicyclic amines) is 1. The quantitative estimate of drug-likeness (QED) is 0.868.